The van der Waals surface area contributed by atoms with Crippen LogP contribution < -0.4 is 16.0 Å². The van der Waals surface area contributed by atoms with Gasteiger partial charge in [0.2, 0.25) is 0 Å². The summed E-state index contributed by atoms with van der Waals surface area (Å²) in [6.07, 6.45) is 6.74. The number of primary amides is 1. The molecule has 8 nitrogen and oxygen atoms in total. The lowest BCUT2D eigenvalue weighted by Gasteiger charge is -2.26. The Morgan fingerprint density at radius 1 is 1.26 bits per heavy atom. The van der Waals surface area contributed by atoms with E-state index in [0.29, 0.717) is 12.4 Å². The van der Waals surface area contributed by atoms with Gasteiger partial charge in [-0.15, -0.1) is 0 Å². The Labute approximate surface area is 157 Å². The maximum absolute atomic E-state index is 11.8. The van der Waals surface area contributed by atoms with E-state index in [1.807, 2.05) is 12.1 Å². The highest BCUT2D eigenvalue weighted by molar-refractivity contribution is 5.91. The number of hydrogen-bond donors (Lipinski definition) is 3. The number of aryl methyl sites for hydroxylation is 1. The van der Waals surface area contributed by atoms with Crippen molar-refractivity contribution in [3.05, 3.63) is 41.9 Å². The van der Waals surface area contributed by atoms with Crippen molar-refractivity contribution in [2.45, 2.75) is 38.8 Å². The van der Waals surface area contributed by atoms with E-state index in [1.54, 1.807) is 18.6 Å². The van der Waals surface area contributed by atoms with Crippen LogP contribution in [-0.2, 0) is 17.8 Å². The first-order chi connectivity index (χ1) is 12.8. The summed E-state index contributed by atoms with van der Waals surface area (Å²) < 4.78 is 0. The molecule has 0 radical (unpaired) electrons. The molecule has 8 heteroatoms. The number of anilines is 1. The Bertz CT molecular complexity index is 876. The number of nitrogens with zero attached hydrogens (tertiary/aromatic N) is 3. The number of aromatic nitrogens is 2. The Balaban J connectivity index is 1.81. The summed E-state index contributed by atoms with van der Waals surface area (Å²) >= 11 is 0. The molecule has 3 heterocycles. The molecule has 0 aromatic carbocycles. The number of aliphatic hydroxyl groups is 1. The van der Waals surface area contributed by atoms with Crippen LogP contribution in [-0.4, -0.2) is 39.2 Å². The number of urea groups is 1. The highest BCUT2D eigenvalue weighted by Crippen LogP contribution is 2.29. The molecule has 0 saturated heterocycles. The van der Waals surface area contributed by atoms with Gasteiger partial charge in [-0.1, -0.05) is 0 Å². The summed E-state index contributed by atoms with van der Waals surface area (Å²) in [6.45, 7) is 3.71. The lowest BCUT2D eigenvalue weighted by molar-refractivity contribution is -0.136. The first kappa shape index (κ1) is 18.8. The average molecular weight is 369 g/mol. The molecule has 2 aromatic heterocycles. The van der Waals surface area contributed by atoms with Crippen molar-refractivity contribution in [1.29, 1.82) is 0 Å². The van der Waals surface area contributed by atoms with Gasteiger partial charge in [-0.25, -0.2) is 9.78 Å². The second-order valence-corrected chi connectivity index (χ2v) is 7.12. The number of carbonyl (C=O) groups is 2. The maximum atomic E-state index is 11.8. The van der Waals surface area contributed by atoms with Crippen molar-refractivity contribution in [2.75, 3.05) is 11.4 Å². The minimum absolute atomic E-state index is 0.261. The van der Waals surface area contributed by atoms with E-state index < -0.39 is 17.5 Å². The zero-order chi connectivity index (χ0) is 19.6. The maximum Gasteiger partial charge on any atom is 0.320 e. The SMILES string of the molecule is CC(C)(O)C(=O)NCc1cncc(-c2cnc3c(c2)CCCN3C(N)=O)c1. The number of amides is 3. The average Bonchev–Trinajstić information content (AvgIpc) is 2.64. The van der Waals surface area contributed by atoms with Crippen molar-refractivity contribution < 1.29 is 14.7 Å². The van der Waals surface area contributed by atoms with Gasteiger partial charge in [0.05, 0.1) is 0 Å². The topological polar surface area (TPSA) is 121 Å². The van der Waals surface area contributed by atoms with E-state index in [4.69, 9.17) is 5.73 Å². The minimum atomic E-state index is -1.43. The summed E-state index contributed by atoms with van der Waals surface area (Å²) in [6, 6.07) is 3.41. The van der Waals surface area contributed by atoms with Gasteiger partial charge in [-0.3, -0.25) is 14.7 Å². The van der Waals surface area contributed by atoms with Crippen molar-refractivity contribution in [3.63, 3.8) is 0 Å². The lowest BCUT2D eigenvalue weighted by Crippen LogP contribution is -2.41. The molecule has 3 rings (SSSR count). The fourth-order valence-electron chi connectivity index (χ4n) is 2.98. The summed E-state index contributed by atoms with van der Waals surface area (Å²) in [5.74, 6) is 0.161. The molecule has 4 N–H and O–H groups in total. The third-order valence-electron chi connectivity index (χ3n) is 4.43. The Morgan fingerprint density at radius 2 is 2.00 bits per heavy atom. The Morgan fingerprint density at radius 3 is 2.70 bits per heavy atom. The number of fused-ring (bicyclic) bond motifs is 1. The lowest BCUT2D eigenvalue weighted by atomic mass is 10.0. The van der Waals surface area contributed by atoms with Gasteiger partial charge in [-0.2, -0.15) is 0 Å². The van der Waals surface area contributed by atoms with Crippen LogP contribution in [0.1, 0.15) is 31.4 Å². The number of rotatable bonds is 4. The van der Waals surface area contributed by atoms with Crippen LogP contribution in [0.3, 0.4) is 0 Å². The van der Waals surface area contributed by atoms with Gasteiger partial charge in [0.1, 0.15) is 11.4 Å². The number of pyridine rings is 2. The van der Waals surface area contributed by atoms with E-state index >= 15 is 0 Å². The standard InChI is InChI=1S/C19H23N5O3/c1-19(2,27)17(25)23-9-12-6-14(10-21-8-12)15-7-13-4-3-5-24(18(20)26)16(13)22-11-15/h6-8,10-11,27H,3-5,9H2,1-2H3,(H2,20,26)(H,23,25). The molecule has 3 amide bonds. The normalized spacial score (nSPS) is 13.8. The van der Waals surface area contributed by atoms with Gasteiger partial charge >= 0.3 is 6.03 Å². The van der Waals surface area contributed by atoms with Crippen LogP contribution >= 0.6 is 0 Å². The number of hydrogen-bond acceptors (Lipinski definition) is 5. The predicted molar refractivity (Wildman–Crippen MR) is 101 cm³/mol. The smallest absolute Gasteiger partial charge is 0.320 e. The minimum Gasteiger partial charge on any atom is -0.381 e. The third kappa shape index (κ3) is 4.22. The van der Waals surface area contributed by atoms with Crippen LogP contribution in [0.4, 0.5) is 10.6 Å². The zero-order valence-electron chi connectivity index (χ0n) is 15.4. The van der Waals surface area contributed by atoms with Crippen LogP contribution in [0.25, 0.3) is 11.1 Å². The highest BCUT2D eigenvalue weighted by atomic mass is 16.3. The summed E-state index contributed by atoms with van der Waals surface area (Å²) in [4.78, 5) is 33.5. The van der Waals surface area contributed by atoms with Gasteiger partial charge in [0.25, 0.3) is 5.91 Å². The van der Waals surface area contributed by atoms with Gasteiger partial charge in [0.15, 0.2) is 0 Å². The van der Waals surface area contributed by atoms with E-state index in [-0.39, 0.29) is 6.54 Å². The Hall–Kier alpha value is -3.00. The molecule has 27 heavy (non-hydrogen) atoms. The van der Waals surface area contributed by atoms with Gasteiger partial charge < -0.3 is 16.2 Å². The predicted octanol–water partition coefficient (Wildman–Crippen LogP) is 1.36. The number of carbonyl (C=O) groups excluding carboxylic acids is 2. The molecule has 1 aliphatic heterocycles. The van der Waals surface area contributed by atoms with Crippen molar-refractivity contribution in [2.24, 2.45) is 5.73 Å². The molecule has 0 unspecified atom stereocenters. The van der Waals surface area contributed by atoms with Crippen LogP contribution in [0.5, 0.6) is 0 Å². The molecule has 0 aliphatic carbocycles. The second-order valence-electron chi connectivity index (χ2n) is 7.12. The molecule has 142 valence electrons. The van der Waals surface area contributed by atoms with Crippen LogP contribution in [0.15, 0.2) is 30.7 Å². The molecule has 0 saturated carbocycles. The van der Waals surface area contributed by atoms with Crippen molar-refractivity contribution >= 4 is 17.8 Å². The number of nitrogens with one attached hydrogen (secondary N) is 1. The van der Waals surface area contributed by atoms with E-state index in [2.05, 4.69) is 15.3 Å². The first-order valence-corrected chi connectivity index (χ1v) is 8.76. The molecule has 1 aliphatic rings. The quantitative estimate of drug-likeness (QED) is 0.751. The monoisotopic (exact) mass is 369 g/mol. The molecule has 2 aromatic rings. The largest absolute Gasteiger partial charge is 0.381 e. The highest BCUT2D eigenvalue weighted by Gasteiger charge is 2.24. The van der Waals surface area contributed by atoms with Crippen molar-refractivity contribution in [3.8, 4) is 11.1 Å². The summed E-state index contributed by atoms with van der Waals surface area (Å²) in [5.41, 5.74) is 7.51. The zero-order valence-corrected chi connectivity index (χ0v) is 15.4. The number of nitrogens with two attached hydrogens (primary N) is 1. The molecule has 0 fully saturated rings. The molecule has 0 bridgehead atoms. The molecular weight excluding hydrogens is 346 g/mol. The van der Waals surface area contributed by atoms with Gasteiger partial charge in [-0.05, 0) is 49.9 Å². The Kier molecular flexibility index (Phi) is 5.09. The third-order valence-corrected chi connectivity index (χ3v) is 4.43. The fraction of sp³-hybridized carbons (Fsp3) is 0.368. The molecule has 0 spiro atoms. The van der Waals surface area contributed by atoms with E-state index in [0.717, 1.165) is 35.1 Å². The van der Waals surface area contributed by atoms with Gasteiger partial charge in [0, 0.05) is 42.8 Å². The second kappa shape index (κ2) is 7.32. The summed E-state index contributed by atoms with van der Waals surface area (Å²) in [5, 5.41) is 12.4. The molecular formula is C19H23N5O3. The molecule has 0 atom stereocenters. The van der Waals surface area contributed by atoms with Crippen LogP contribution in [0, 0.1) is 0 Å². The first-order valence-electron chi connectivity index (χ1n) is 8.76. The fourth-order valence-corrected chi connectivity index (χ4v) is 2.98. The van der Waals surface area contributed by atoms with E-state index in [9.17, 15) is 14.7 Å². The summed E-state index contributed by atoms with van der Waals surface area (Å²) in [7, 11) is 0. The van der Waals surface area contributed by atoms with Crippen LogP contribution in [0.2, 0.25) is 0 Å². The van der Waals surface area contributed by atoms with E-state index in [1.165, 1.54) is 18.7 Å². The van der Waals surface area contributed by atoms with Crippen molar-refractivity contribution in [1.82, 2.24) is 15.3 Å².